The van der Waals surface area contributed by atoms with Gasteiger partial charge in [-0.2, -0.15) is 0 Å². The number of benzene rings is 1. The van der Waals surface area contributed by atoms with Crippen molar-refractivity contribution in [2.45, 2.75) is 11.3 Å². The molecule has 0 aliphatic heterocycles. The first kappa shape index (κ1) is 13.2. The first-order chi connectivity index (χ1) is 5.61. The summed E-state index contributed by atoms with van der Waals surface area (Å²) in [5.74, 6) is 0. The predicted octanol–water partition coefficient (Wildman–Crippen LogP) is -1.13. The zero-order valence-corrected chi connectivity index (χ0v) is 9.68. The Morgan fingerprint density at radius 1 is 1.23 bits per heavy atom. The molecule has 0 saturated heterocycles. The SMILES string of the molecule is O=S([O-])c1ccc(C(F)F)cc1.[Na+]. The molecule has 1 aromatic rings. The monoisotopic (exact) mass is 214 g/mol. The number of hydrogen-bond acceptors (Lipinski definition) is 2. The molecule has 0 aliphatic carbocycles. The van der Waals surface area contributed by atoms with Gasteiger partial charge in [0.15, 0.2) is 0 Å². The molecule has 2 nitrogen and oxygen atoms in total. The summed E-state index contributed by atoms with van der Waals surface area (Å²) in [7, 11) is 0. The smallest absolute Gasteiger partial charge is 0.768 e. The quantitative estimate of drug-likeness (QED) is 0.461. The van der Waals surface area contributed by atoms with Crippen LogP contribution in [0.5, 0.6) is 0 Å². The van der Waals surface area contributed by atoms with E-state index in [1.165, 1.54) is 0 Å². The van der Waals surface area contributed by atoms with Gasteiger partial charge >= 0.3 is 29.6 Å². The van der Waals surface area contributed by atoms with Crippen molar-refractivity contribution in [3.63, 3.8) is 0 Å². The van der Waals surface area contributed by atoms with E-state index in [1.807, 2.05) is 0 Å². The molecule has 0 spiro atoms. The first-order valence-corrected chi connectivity index (χ1v) is 4.16. The van der Waals surface area contributed by atoms with Crippen LogP contribution in [0.25, 0.3) is 0 Å². The summed E-state index contributed by atoms with van der Waals surface area (Å²) in [6, 6.07) is 4.47. The molecule has 0 N–H and O–H groups in total. The molecule has 0 aromatic heterocycles. The Labute approximate surface area is 98.9 Å². The van der Waals surface area contributed by atoms with E-state index >= 15 is 0 Å². The minimum Gasteiger partial charge on any atom is -0.768 e. The fourth-order valence-corrected chi connectivity index (χ4v) is 1.08. The third-order valence-corrected chi connectivity index (χ3v) is 1.98. The fraction of sp³-hybridized carbons (Fsp3) is 0.143. The molecule has 1 atom stereocenters. The first-order valence-electron chi connectivity index (χ1n) is 3.08. The summed E-state index contributed by atoms with van der Waals surface area (Å²) in [6.45, 7) is 0. The van der Waals surface area contributed by atoms with E-state index < -0.39 is 17.5 Å². The largest absolute Gasteiger partial charge is 1.00 e. The van der Waals surface area contributed by atoms with Gasteiger partial charge in [0.05, 0.1) is 0 Å². The van der Waals surface area contributed by atoms with Crippen LogP contribution in [-0.2, 0) is 11.1 Å². The molecule has 13 heavy (non-hydrogen) atoms. The van der Waals surface area contributed by atoms with E-state index in [0.717, 1.165) is 24.3 Å². The molecule has 0 heterocycles. The topological polar surface area (TPSA) is 40.1 Å². The van der Waals surface area contributed by atoms with Crippen LogP contribution >= 0.6 is 0 Å². The van der Waals surface area contributed by atoms with Gasteiger partial charge in [-0.25, -0.2) is 8.78 Å². The van der Waals surface area contributed by atoms with Gasteiger partial charge in [0.2, 0.25) is 0 Å². The molecular weight excluding hydrogens is 209 g/mol. The Hall–Kier alpha value is 0.190. The summed E-state index contributed by atoms with van der Waals surface area (Å²) >= 11 is -2.35. The maximum absolute atomic E-state index is 11.9. The van der Waals surface area contributed by atoms with E-state index in [4.69, 9.17) is 0 Å². The molecule has 1 unspecified atom stereocenters. The molecule has 0 radical (unpaired) electrons. The molecule has 1 rings (SSSR count). The Bertz CT molecular complexity index is 289. The zero-order valence-electron chi connectivity index (χ0n) is 6.87. The Morgan fingerprint density at radius 3 is 2.00 bits per heavy atom. The fourth-order valence-electron chi connectivity index (χ4n) is 0.724. The second-order valence-electron chi connectivity index (χ2n) is 2.10. The van der Waals surface area contributed by atoms with Crippen LogP contribution in [0.1, 0.15) is 12.0 Å². The van der Waals surface area contributed by atoms with Gasteiger partial charge in [-0.3, -0.25) is 4.21 Å². The van der Waals surface area contributed by atoms with Gasteiger partial charge in [0, 0.05) is 10.5 Å². The Balaban J connectivity index is 0.00000144. The van der Waals surface area contributed by atoms with Gasteiger partial charge in [0.1, 0.15) is 0 Å². The summed E-state index contributed by atoms with van der Waals surface area (Å²) in [5, 5.41) is 0. The maximum atomic E-state index is 11.9. The number of halogens is 2. The Kier molecular flexibility index (Phi) is 5.91. The van der Waals surface area contributed by atoms with E-state index in [0.29, 0.717) is 0 Å². The minimum atomic E-state index is -2.56. The normalized spacial score (nSPS) is 12.3. The molecule has 0 saturated carbocycles. The molecule has 0 bridgehead atoms. The van der Waals surface area contributed by atoms with Crippen molar-refractivity contribution in [1.29, 1.82) is 0 Å². The van der Waals surface area contributed by atoms with Crippen LogP contribution in [0, 0.1) is 0 Å². The van der Waals surface area contributed by atoms with Gasteiger partial charge in [-0.1, -0.05) is 12.1 Å². The average Bonchev–Trinajstić information content (AvgIpc) is 2.04. The van der Waals surface area contributed by atoms with E-state index in [-0.39, 0.29) is 40.0 Å². The summed E-state index contributed by atoms with van der Waals surface area (Å²) < 4.78 is 44.5. The van der Waals surface area contributed by atoms with Gasteiger partial charge in [0.25, 0.3) is 6.43 Å². The van der Waals surface area contributed by atoms with Crippen molar-refractivity contribution in [2.75, 3.05) is 0 Å². The van der Waals surface area contributed by atoms with Crippen molar-refractivity contribution in [3.8, 4) is 0 Å². The summed E-state index contributed by atoms with van der Waals surface area (Å²) in [4.78, 5) is 0.0133. The molecule has 0 fully saturated rings. The average molecular weight is 214 g/mol. The van der Waals surface area contributed by atoms with Crippen molar-refractivity contribution < 1.29 is 47.1 Å². The van der Waals surface area contributed by atoms with Crippen molar-refractivity contribution in [1.82, 2.24) is 0 Å². The third kappa shape index (κ3) is 3.83. The van der Waals surface area contributed by atoms with E-state index in [1.54, 1.807) is 0 Å². The second-order valence-corrected chi connectivity index (χ2v) is 3.05. The van der Waals surface area contributed by atoms with Crippen LogP contribution in [0.2, 0.25) is 0 Å². The molecule has 6 heteroatoms. The molecular formula is C7H5F2NaO2S. The minimum absolute atomic E-state index is 0. The van der Waals surface area contributed by atoms with E-state index in [2.05, 4.69) is 0 Å². The Morgan fingerprint density at radius 2 is 1.69 bits per heavy atom. The van der Waals surface area contributed by atoms with Crippen LogP contribution in [-0.4, -0.2) is 8.76 Å². The van der Waals surface area contributed by atoms with Crippen molar-refractivity contribution in [3.05, 3.63) is 29.8 Å². The maximum Gasteiger partial charge on any atom is 1.00 e. The molecule has 66 valence electrons. The third-order valence-electron chi connectivity index (χ3n) is 1.32. The number of alkyl halides is 2. The van der Waals surface area contributed by atoms with Crippen LogP contribution in [0.4, 0.5) is 8.78 Å². The van der Waals surface area contributed by atoms with Gasteiger partial charge in [-0.15, -0.1) is 0 Å². The summed E-state index contributed by atoms with van der Waals surface area (Å²) in [5.41, 5.74) is -0.177. The van der Waals surface area contributed by atoms with Crippen molar-refractivity contribution >= 4 is 11.1 Å². The van der Waals surface area contributed by atoms with Crippen LogP contribution in [0.3, 0.4) is 0 Å². The number of hydrogen-bond donors (Lipinski definition) is 0. The second kappa shape index (κ2) is 5.82. The molecule has 0 amide bonds. The van der Waals surface area contributed by atoms with Crippen LogP contribution < -0.4 is 29.6 Å². The zero-order chi connectivity index (χ0) is 9.14. The standard InChI is InChI=1S/C7H6F2O2S.Na/c8-7(9)5-1-3-6(4-2-5)12(10)11;/h1-4,7H,(H,10,11);/q;+1/p-1. The summed E-state index contributed by atoms with van der Waals surface area (Å²) in [6.07, 6.45) is -2.56. The molecule has 0 aliphatic rings. The predicted molar refractivity (Wildman–Crippen MR) is 38.6 cm³/mol. The van der Waals surface area contributed by atoms with Crippen molar-refractivity contribution in [2.24, 2.45) is 0 Å². The van der Waals surface area contributed by atoms with Gasteiger partial charge in [-0.05, 0) is 23.2 Å². The number of rotatable bonds is 2. The van der Waals surface area contributed by atoms with E-state index in [9.17, 15) is 17.5 Å². The van der Waals surface area contributed by atoms with Crippen LogP contribution in [0.15, 0.2) is 29.2 Å². The molecule has 1 aromatic carbocycles. The van der Waals surface area contributed by atoms with Gasteiger partial charge < -0.3 is 4.55 Å².